The molecule has 1 atom stereocenters. The number of hydrogen-bond acceptors (Lipinski definition) is 1. The zero-order valence-corrected chi connectivity index (χ0v) is 11.1. The van der Waals surface area contributed by atoms with Gasteiger partial charge in [-0.1, -0.05) is 36.6 Å². The maximum Gasteiger partial charge on any atom is 0.115 e. The van der Waals surface area contributed by atoms with Crippen molar-refractivity contribution < 1.29 is 5.11 Å². The number of aliphatic hydroxyl groups excluding tert-OH is 1. The Bertz CT molecular complexity index is 733. The molecule has 2 nitrogen and oxygen atoms in total. The Morgan fingerprint density at radius 3 is 3.05 bits per heavy atom. The van der Waals surface area contributed by atoms with Gasteiger partial charge in [-0.05, 0) is 18.3 Å². The third kappa shape index (κ3) is 2.04. The zero-order valence-electron chi connectivity index (χ0n) is 11.1. The zero-order chi connectivity index (χ0) is 13.4. The second-order valence-electron chi connectivity index (χ2n) is 5.05. The van der Waals surface area contributed by atoms with E-state index in [4.69, 9.17) is 7.85 Å². The number of fused-ring (bicyclic) bond motifs is 3. The van der Waals surface area contributed by atoms with Crippen molar-refractivity contribution in [2.24, 2.45) is 0 Å². The lowest BCUT2D eigenvalue weighted by atomic mass is 9.64. The van der Waals surface area contributed by atoms with Crippen LogP contribution in [0, 0.1) is 0 Å². The summed E-state index contributed by atoms with van der Waals surface area (Å²) in [5.41, 5.74) is 1.94. The van der Waals surface area contributed by atoms with Crippen LogP contribution in [-0.2, 0) is 6.54 Å². The lowest BCUT2D eigenvalue weighted by molar-refractivity contribution is 0.277. The predicted molar refractivity (Wildman–Crippen MR) is 82.6 cm³/mol. The van der Waals surface area contributed by atoms with E-state index < -0.39 is 0 Å². The van der Waals surface area contributed by atoms with Gasteiger partial charge in [0.1, 0.15) is 15.1 Å². The van der Waals surface area contributed by atoms with Gasteiger partial charge in [0, 0.05) is 28.0 Å². The second kappa shape index (κ2) is 4.93. The van der Waals surface area contributed by atoms with Gasteiger partial charge < -0.3 is 9.67 Å². The van der Waals surface area contributed by atoms with Gasteiger partial charge in [-0.15, -0.1) is 0 Å². The summed E-state index contributed by atoms with van der Waals surface area (Å²) in [6, 6.07) is 6.00. The summed E-state index contributed by atoms with van der Waals surface area (Å²) in [6.07, 6.45) is 5.61. The normalized spacial score (nSPS) is 17.7. The number of rotatable bonds is 3. The van der Waals surface area contributed by atoms with Gasteiger partial charge in [-0.2, -0.15) is 0 Å². The molecule has 19 heavy (non-hydrogen) atoms. The third-order valence-electron chi connectivity index (χ3n) is 3.88. The smallest absolute Gasteiger partial charge is 0.115 e. The highest BCUT2D eigenvalue weighted by atomic mass is 16.3. The van der Waals surface area contributed by atoms with Gasteiger partial charge in [0.15, 0.2) is 0 Å². The number of benzene rings is 1. The summed E-state index contributed by atoms with van der Waals surface area (Å²) >= 11 is 0. The van der Waals surface area contributed by atoms with Crippen LogP contribution in [0.1, 0.15) is 6.42 Å². The van der Waals surface area contributed by atoms with Crippen molar-refractivity contribution in [3.8, 4) is 0 Å². The SMILES string of the molecule is [B]c1ccc2c(c1)c1c(n2CCO)=CCC([B]C)C=1. The minimum atomic E-state index is 0.151. The highest BCUT2D eigenvalue weighted by Gasteiger charge is 2.13. The molecule has 0 fully saturated rings. The Morgan fingerprint density at radius 1 is 1.47 bits per heavy atom. The van der Waals surface area contributed by atoms with E-state index in [1.807, 2.05) is 18.2 Å². The first-order valence-electron chi connectivity index (χ1n) is 6.74. The van der Waals surface area contributed by atoms with Crippen LogP contribution in [0.4, 0.5) is 0 Å². The topological polar surface area (TPSA) is 25.2 Å². The average molecular weight is 248 g/mol. The van der Waals surface area contributed by atoms with Crippen LogP contribution < -0.4 is 16.0 Å². The summed E-state index contributed by atoms with van der Waals surface area (Å²) in [6.45, 7) is 2.87. The van der Waals surface area contributed by atoms with Crippen molar-refractivity contribution in [1.29, 1.82) is 0 Å². The van der Waals surface area contributed by atoms with Crippen molar-refractivity contribution in [3.63, 3.8) is 0 Å². The van der Waals surface area contributed by atoms with E-state index in [9.17, 15) is 5.11 Å². The molecular weight excluding hydrogens is 232 g/mol. The Kier molecular flexibility index (Phi) is 3.28. The molecule has 1 unspecified atom stereocenters. The molecule has 0 spiro atoms. The van der Waals surface area contributed by atoms with Crippen LogP contribution in [0.5, 0.6) is 0 Å². The molecule has 1 aromatic heterocycles. The quantitative estimate of drug-likeness (QED) is 0.756. The summed E-state index contributed by atoms with van der Waals surface area (Å²) in [5.74, 6) is 0.488. The molecule has 3 rings (SSSR count). The molecular formula is C15H16B2NO. The van der Waals surface area contributed by atoms with Gasteiger partial charge in [-0.3, -0.25) is 0 Å². The van der Waals surface area contributed by atoms with E-state index >= 15 is 0 Å². The monoisotopic (exact) mass is 248 g/mol. The first-order valence-corrected chi connectivity index (χ1v) is 6.74. The molecule has 4 heteroatoms. The Morgan fingerprint density at radius 2 is 2.32 bits per heavy atom. The van der Waals surface area contributed by atoms with Crippen molar-refractivity contribution in [2.75, 3.05) is 6.61 Å². The lowest BCUT2D eigenvalue weighted by Crippen LogP contribution is -2.33. The Hall–Kier alpha value is -1.41. The van der Waals surface area contributed by atoms with Crippen LogP contribution in [-0.4, -0.2) is 31.4 Å². The molecule has 2 aromatic rings. The molecule has 0 aliphatic heterocycles. The minimum absolute atomic E-state index is 0.151. The lowest BCUT2D eigenvalue weighted by Gasteiger charge is -2.10. The first-order chi connectivity index (χ1) is 9.24. The van der Waals surface area contributed by atoms with Crippen molar-refractivity contribution in [1.82, 2.24) is 4.57 Å². The fraction of sp³-hybridized carbons (Fsp3) is 0.333. The standard InChI is InChI=1S/C15H16B2NO/c1-17-11-3-5-15-13(9-11)12-8-10(16)2-4-14(12)18(15)6-7-19/h2,4-5,8-9,11,19H,3,6-7H2,1H3. The van der Waals surface area contributed by atoms with Crippen LogP contribution in [0.15, 0.2) is 18.2 Å². The molecule has 1 heterocycles. The molecule has 0 saturated heterocycles. The summed E-state index contributed by atoms with van der Waals surface area (Å²) in [7, 11) is 8.14. The number of aromatic nitrogens is 1. The average Bonchev–Trinajstić information content (AvgIpc) is 2.73. The molecule has 3 radical (unpaired) electrons. The number of nitrogens with zero attached hydrogens (tertiary/aromatic N) is 1. The Labute approximate surface area is 115 Å². The van der Waals surface area contributed by atoms with Gasteiger partial charge >= 0.3 is 0 Å². The number of hydrogen-bond donors (Lipinski definition) is 1. The van der Waals surface area contributed by atoms with Crippen molar-refractivity contribution in [3.05, 3.63) is 28.8 Å². The predicted octanol–water partition coefficient (Wildman–Crippen LogP) is -0.0671. The Balaban J connectivity index is 2.39. The first kappa shape index (κ1) is 12.6. The van der Waals surface area contributed by atoms with Crippen LogP contribution in [0.3, 0.4) is 0 Å². The highest BCUT2D eigenvalue weighted by Crippen LogP contribution is 2.16. The van der Waals surface area contributed by atoms with E-state index in [1.54, 1.807) is 0 Å². The van der Waals surface area contributed by atoms with Crippen LogP contribution >= 0.6 is 0 Å². The molecule has 1 aromatic carbocycles. The van der Waals surface area contributed by atoms with Gasteiger partial charge in [0.2, 0.25) is 0 Å². The third-order valence-corrected chi connectivity index (χ3v) is 3.88. The van der Waals surface area contributed by atoms with E-state index in [1.165, 1.54) is 16.0 Å². The molecule has 93 valence electrons. The van der Waals surface area contributed by atoms with Crippen molar-refractivity contribution in [2.45, 2.75) is 25.6 Å². The molecule has 1 N–H and O–H groups in total. The summed E-state index contributed by atoms with van der Waals surface area (Å²) in [4.78, 5) is 0. The molecule has 0 saturated carbocycles. The van der Waals surface area contributed by atoms with Gasteiger partial charge in [-0.25, -0.2) is 0 Å². The number of aliphatic hydroxyl groups is 1. The largest absolute Gasteiger partial charge is 0.395 e. The van der Waals surface area contributed by atoms with E-state index in [0.29, 0.717) is 12.4 Å². The molecule has 0 amide bonds. The molecule has 1 aliphatic rings. The summed E-state index contributed by atoms with van der Waals surface area (Å²) < 4.78 is 2.19. The van der Waals surface area contributed by atoms with Gasteiger partial charge in [0.05, 0.1) is 6.61 Å². The van der Waals surface area contributed by atoms with Crippen LogP contribution in [0.2, 0.25) is 12.6 Å². The van der Waals surface area contributed by atoms with E-state index in [0.717, 1.165) is 17.4 Å². The summed E-state index contributed by atoms with van der Waals surface area (Å²) in [5, 5.41) is 12.9. The second-order valence-corrected chi connectivity index (χ2v) is 5.05. The maximum atomic E-state index is 9.28. The minimum Gasteiger partial charge on any atom is -0.395 e. The fourth-order valence-electron chi connectivity index (χ4n) is 2.92. The van der Waals surface area contributed by atoms with Crippen LogP contribution in [0.25, 0.3) is 23.1 Å². The maximum absolute atomic E-state index is 9.28. The van der Waals surface area contributed by atoms with Crippen molar-refractivity contribution >= 4 is 43.6 Å². The molecule has 1 aliphatic carbocycles. The van der Waals surface area contributed by atoms with E-state index in [2.05, 4.69) is 30.8 Å². The molecule has 0 bridgehead atoms. The van der Waals surface area contributed by atoms with Gasteiger partial charge in [0.25, 0.3) is 0 Å². The fourth-order valence-corrected chi connectivity index (χ4v) is 2.92. The highest BCUT2D eigenvalue weighted by molar-refractivity contribution is 6.38. The van der Waals surface area contributed by atoms with E-state index in [-0.39, 0.29) is 6.61 Å².